The standard InChI is InChI=1S/C33H28BrN3O8S2/c1-4-45-32(41)17-5-10-20(11-6-17)35-24(38)16-36-31-28(47-33(36)42)25(18-7-14-22(43-2)23(15-18)44-3)26-27(46-31)30(40)37(29(26)39)21-12-8-19(34)9-13-21/h5-15,25-27H,4,16H2,1-3H3,(H,35,38)/t25-,26?,27?/m1/s1. The maximum absolute atomic E-state index is 14.1. The van der Waals surface area contributed by atoms with E-state index in [4.69, 9.17) is 14.2 Å². The molecule has 4 aromatic rings. The Morgan fingerprint density at radius 2 is 1.62 bits per heavy atom. The predicted molar refractivity (Wildman–Crippen MR) is 181 cm³/mol. The van der Waals surface area contributed by atoms with E-state index < -0.39 is 39.7 Å². The number of halogens is 1. The van der Waals surface area contributed by atoms with Gasteiger partial charge in [-0.15, -0.1) is 0 Å². The summed E-state index contributed by atoms with van der Waals surface area (Å²) in [5.74, 6) is -2.31. The Kier molecular flexibility index (Phi) is 9.26. The number of imide groups is 1. The number of methoxy groups -OCH3 is 2. The molecule has 1 aromatic heterocycles. The smallest absolute Gasteiger partial charge is 0.338 e. The summed E-state index contributed by atoms with van der Waals surface area (Å²) < 4.78 is 18.1. The van der Waals surface area contributed by atoms with Crippen LogP contribution in [0.4, 0.5) is 11.4 Å². The minimum absolute atomic E-state index is 0.242. The molecule has 0 spiro atoms. The molecule has 6 rings (SSSR count). The van der Waals surface area contributed by atoms with Crippen molar-refractivity contribution in [2.45, 2.75) is 29.7 Å². The molecule has 11 nitrogen and oxygen atoms in total. The number of carbonyl (C=O) groups excluding carboxylic acids is 4. The van der Waals surface area contributed by atoms with E-state index in [1.54, 1.807) is 61.5 Å². The lowest BCUT2D eigenvalue weighted by Crippen LogP contribution is -2.33. The van der Waals surface area contributed by atoms with E-state index in [0.29, 0.717) is 43.9 Å². The first-order valence-corrected chi connectivity index (χ1v) is 17.0. The molecule has 14 heteroatoms. The Balaban J connectivity index is 1.37. The SMILES string of the molecule is CCOC(=O)c1ccc(NC(=O)Cn2c3c(sc2=O)[C@H](c2ccc(OC)c(OC)c2)C2C(=O)N(c4ccc(Br)cc4)C(=O)C2S3)cc1. The van der Waals surface area contributed by atoms with Crippen molar-refractivity contribution in [3.63, 3.8) is 0 Å². The lowest BCUT2D eigenvalue weighted by molar-refractivity contribution is -0.122. The number of esters is 1. The zero-order chi connectivity index (χ0) is 33.4. The zero-order valence-electron chi connectivity index (χ0n) is 25.4. The molecule has 3 atom stereocenters. The van der Waals surface area contributed by atoms with Gasteiger partial charge in [0.15, 0.2) is 11.5 Å². The minimum Gasteiger partial charge on any atom is -0.493 e. The van der Waals surface area contributed by atoms with E-state index in [9.17, 15) is 24.0 Å². The van der Waals surface area contributed by atoms with Gasteiger partial charge in [0, 0.05) is 21.0 Å². The molecular formula is C33H28BrN3O8S2. The maximum atomic E-state index is 14.1. The average molecular weight is 739 g/mol. The molecule has 3 amide bonds. The van der Waals surface area contributed by atoms with Crippen LogP contribution in [0.5, 0.6) is 11.5 Å². The molecule has 0 bridgehead atoms. The van der Waals surface area contributed by atoms with E-state index in [0.717, 1.165) is 27.6 Å². The van der Waals surface area contributed by atoms with Gasteiger partial charge in [0.1, 0.15) is 11.8 Å². The molecule has 0 radical (unpaired) electrons. The van der Waals surface area contributed by atoms with Gasteiger partial charge in [-0.3, -0.25) is 23.7 Å². The van der Waals surface area contributed by atoms with Crippen molar-refractivity contribution in [1.29, 1.82) is 0 Å². The Hall–Kier alpha value is -4.40. The first kappa shape index (κ1) is 32.5. The fourth-order valence-electron chi connectivity index (χ4n) is 5.75. The summed E-state index contributed by atoms with van der Waals surface area (Å²) in [5.41, 5.74) is 1.88. The summed E-state index contributed by atoms with van der Waals surface area (Å²) >= 11 is 5.47. The number of benzene rings is 3. The van der Waals surface area contributed by atoms with Crippen molar-refractivity contribution < 1.29 is 33.4 Å². The second-order valence-electron chi connectivity index (χ2n) is 10.6. The van der Waals surface area contributed by atoms with Crippen molar-refractivity contribution in [2.24, 2.45) is 5.92 Å². The minimum atomic E-state index is -0.851. The lowest BCUT2D eigenvalue weighted by atomic mass is 9.83. The number of aromatic nitrogens is 1. The van der Waals surface area contributed by atoms with E-state index in [1.807, 2.05) is 0 Å². The quantitative estimate of drug-likeness (QED) is 0.180. The van der Waals surface area contributed by atoms with Gasteiger partial charge in [0.2, 0.25) is 17.7 Å². The van der Waals surface area contributed by atoms with Crippen LogP contribution >= 0.6 is 39.0 Å². The fourth-order valence-corrected chi connectivity index (χ4v) is 8.79. The average Bonchev–Trinajstić information content (AvgIpc) is 3.51. The van der Waals surface area contributed by atoms with Crippen molar-refractivity contribution >= 4 is 74.1 Å². The highest BCUT2D eigenvalue weighted by molar-refractivity contribution is 9.10. The van der Waals surface area contributed by atoms with Gasteiger partial charge >= 0.3 is 10.8 Å². The summed E-state index contributed by atoms with van der Waals surface area (Å²) in [7, 11) is 3.02. The number of anilines is 2. The first-order chi connectivity index (χ1) is 22.6. The van der Waals surface area contributed by atoms with Gasteiger partial charge in [-0.1, -0.05) is 45.1 Å². The molecular weight excluding hydrogens is 710 g/mol. The topological polar surface area (TPSA) is 133 Å². The summed E-state index contributed by atoms with van der Waals surface area (Å²) in [5, 5.41) is 2.36. The maximum Gasteiger partial charge on any atom is 0.338 e. The summed E-state index contributed by atoms with van der Waals surface area (Å²) in [4.78, 5) is 68.2. The van der Waals surface area contributed by atoms with Gasteiger partial charge in [-0.05, 0) is 73.2 Å². The Bertz CT molecular complexity index is 1940. The molecule has 242 valence electrons. The molecule has 0 saturated carbocycles. The van der Waals surface area contributed by atoms with Crippen LogP contribution in [-0.4, -0.2) is 54.3 Å². The van der Waals surface area contributed by atoms with Crippen LogP contribution in [0.2, 0.25) is 0 Å². The van der Waals surface area contributed by atoms with Gasteiger partial charge < -0.3 is 19.5 Å². The Labute approximate surface area is 285 Å². The van der Waals surface area contributed by atoms with Crippen molar-refractivity contribution in [1.82, 2.24) is 4.57 Å². The summed E-state index contributed by atoms with van der Waals surface area (Å²) in [6, 6.07) is 18.4. The number of thioether (sulfide) groups is 1. The number of fused-ring (bicyclic) bond motifs is 2. The number of thiazole rings is 1. The highest BCUT2D eigenvalue weighted by Gasteiger charge is 2.57. The van der Waals surface area contributed by atoms with Crippen molar-refractivity contribution in [2.75, 3.05) is 31.0 Å². The highest BCUT2D eigenvalue weighted by atomic mass is 79.9. The molecule has 1 N–H and O–H groups in total. The van der Waals surface area contributed by atoms with Gasteiger partial charge in [-0.2, -0.15) is 0 Å². The van der Waals surface area contributed by atoms with E-state index in [2.05, 4.69) is 21.2 Å². The monoisotopic (exact) mass is 737 g/mol. The number of nitrogens with zero attached hydrogens (tertiary/aromatic N) is 2. The first-order valence-electron chi connectivity index (χ1n) is 14.5. The third kappa shape index (κ3) is 6.08. The molecule has 3 aromatic carbocycles. The largest absolute Gasteiger partial charge is 0.493 e. The normalized spacial score (nSPS) is 18.4. The number of ether oxygens (including phenoxy) is 3. The van der Waals surface area contributed by atoms with Gasteiger partial charge in [0.05, 0.1) is 43.0 Å². The number of nitrogens with one attached hydrogen (secondary N) is 1. The molecule has 2 aliphatic rings. The molecule has 2 unspecified atom stereocenters. The molecule has 47 heavy (non-hydrogen) atoms. The molecule has 3 heterocycles. The van der Waals surface area contributed by atoms with Crippen LogP contribution in [0.1, 0.15) is 33.6 Å². The van der Waals surface area contributed by atoms with Crippen LogP contribution in [0.15, 0.2) is 81.0 Å². The second-order valence-corrected chi connectivity index (χ2v) is 13.7. The molecule has 0 aliphatic carbocycles. The number of carbonyl (C=O) groups is 4. The molecule has 1 saturated heterocycles. The summed E-state index contributed by atoms with van der Waals surface area (Å²) in [6.07, 6.45) is 0. The van der Waals surface area contributed by atoms with Gasteiger partial charge in [0.25, 0.3) is 0 Å². The van der Waals surface area contributed by atoms with Gasteiger partial charge in [-0.25, -0.2) is 9.69 Å². The Morgan fingerprint density at radius 1 is 0.915 bits per heavy atom. The van der Waals surface area contributed by atoms with E-state index >= 15 is 0 Å². The van der Waals surface area contributed by atoms with Crippen LogP contribution < -0.4 is 24.6 Å². The van der Waals surface area contributed by atoms with Crippen LogP contribution in [0, 0.1) is 5.92 Å². The van der Waals surface area contributed by atoms with Crippen LogP contribution in [0.3, 0.4) is 0 Å². The summed E-state index contributed by atoms with van der Waals surface area (Å²) in [6.45, 7) is 1.63. The van der Waals surface area contributed by atoms with E-state index in [1.165, 1.54) is 35.8 Å². The number of hydrogen-bond acceptors (Lipinski definition) is 10. The van der Waals surface area contributed by atoms with E-state index in [-0.39, 0.29) is 19.1 Å². The van der Waals surface area contributed by atoms with Crippen molar-refractivity contribution in [3.8, 4) is 11.5 Å². The Morgan fingerprint density at radius 3 is 2.28 bits per heavy atom. The molecule has 1 fully saturated rings. The van der Waals surface area contributed by atoms with Crippen LogP contribution in [0.25, 0.3) is 0 Å². The lowest BCUT2D eigenvalue weighted by Gasteiger charge is -2.31. The number of hydrogen-bond donors (Lipinski definition) is 1. The fraction of sp³-hybridized carbons (Fsp3) is 0.242. The predicted octanol–water partition coefficient (Wildman–Crippen LogP) is 5.30. The zero-order valence-corrected chi connectivity index (χ0v) is 28.6. The third-order valence-electron chi connectivity index (χ3n) is 7.88. The van der Waals surface area contributed by atoms with Crippen LogP contribution in [-0.2, 0) is 25.7 Å². The molecule has 2 aliphatic heterocycles. The third-order valence-corrected chi connectivity index (χ3v) is 11.0. The highest BCUT2D eigenvalue weighted by Crippen LogP contribution is 2.54. The number of rotatable bonds is 9. The number of amides is 3. The van der Waals surface area contributed by atoms with Crippen molar-refractivity contribution in [3.05, 3.63) is 96.9 Å². The second kappa shape index (κ2) is 13.4.